The number of Topliss-reactive ketones (excluding diaryl/α,β-unsaturated/α-hetero) is 1. The molecule has 2 N–H and O–H groups in total. The molecule has 4 nitrogen and oxygen atoms in total. The Bertz CT molecular complexity index is 993. The van der Waals surface area contributed by atoms with Gasteiger partial charge in [-0.3, -0.25) is 4.79 Å². The molecule has 0 amide bonds. The minimum Gasteiger partial charge on any atom is -0.481 e. The van der Waals surface area contributed by atoms with Gasteiger partial charge in [0, 0.05) is 28.5 Å². The molecule has 1 heterocycles. The molecule has 2 aromatic carbocycles. The van der Waals surface area contributed by atoms with Crippen molar-refractivity contribution in [1.29, 1.82) is 0 Å². The summed E-state index contributed by atoms with van der Waals surface area (Å²) in [4.78, 5) is 16.6. The maximum absolute atomic E-state index is 12.0. The quantitative estimate of drug-likeness (QED) is 0.653. The van der Waals surface area contributed by atoms with Crippen molar-refractivity contribution in [3.05, 3.63) is 70.8 Å². The zero-order valence-corrected chi connectivity index (χ0v) is 16.4. The van der Waals surface area contributed by atoms with Crippen molar-refractivity contribution in [2.75, 3.05) is 7.11 Å². The third-order valence-electron chi connectivity index (χ3n) is 4.96. The molecule has 1 aromatic heterocycles. The number of fused-ring (bicyclic) bond motifs is 1. The summed E-state index contributed by atoms with van der Waals surface area (Å²) in [7, 11) is 1.63. The second-order valence-electron chi connectivity index (χ2n) is 7.29. The van der Waals surface area contributed by atoms with Crippen LogP contribution >= 0.6 is 0 Å². The average Bonchev–Trinajstić information content (AvgIpc) is 2.66. The van der Waals surface area contributed by atoms with Crippen molar-refractivity contribution >= 4 is 16.7 Å². The Kier molecular flexibility index (Phi) is 5.29. The topological polar surface area (TPSA) is 65.2 Å². The van der Waals surface area contributed by atoms with E-state index in [-0.39, 0.29) is 5.78 Å². The predicted molar refractivity (Wildman–Crippen MR) is 109 cm³/mol. The minimum atomic E-state index is -0.581. The first-order valence-corrected chi connectivity index (χ1v) is 9.21. The van der Waals surface area contributed by atoms with Crippen LogP contribution in [0.15, 0.2) is 48.5 Å². The Morgan fingerprint density at radius 3 is 2.67 bits per heavy atom. The lowest BCUT2D eigenvalue weighted by molar-refractivity contribution is 0.0988. The number of rotatable bonds is 6. The number of nitrogens with two attached hydrogens (primary N) is 1. The van der Waals surface area contributed by atoms with Crippen LogP contribution < -0.4 is 10.5 Å². The number of carbonyl (C=O) groups is 1. The van der Waals surface area contributed by atoms with Gasteiger partial charge in [0.1, 0.15) is 0 Å². The normalized spacial score (nSPS) is 13.4. The number of hydrogen-bond acceptors (Lipinski definition) is 4. The number of pyridine rings is 1. The molecular weight excluding hydrogens is 336 g/mol. The first kappa shape index (κ1) is 19.1. The Labute approximate surface area is 160 Å². The van der Waals surface area contributed by atoms with Gasteiger partial charge in [0.05, 0.1) is 12.6 Å². The number of ketones is 1. The van der Waals surface area contributed by atoms with Crippen LogP contribution in [0.4, 0.5) is 0 Å². The largest absolute Gasteiger partial charge is 0.481 e. The third kappa shape index (κ3) is 4.01. The molecule has 0 saturated heterocycles. The van der Waals surface area contributed by atoms with Gasteiger partial charge in [0.15, 0.2) is 5.78 Å². The van der Waals surface area contributed by atoms with Crippen LogP contribution in [0.2, 0.25) is 0 Å². The molecule has 0 fully saturated rings. The molecule has 1 unspecified atom stereocenters. The maximum Gasteiger partial charge on any atom is 0.216 e. The van der Waals surface area contributed by atoms with Crippen LogP contribution in [0.3, 0.4) is 0 Å². The summed E-state index contributed by atoms with van der Waals surface area (Å²) < 4.78 is 5.35. The number of carbonyl (C=O) groups excluding carboxylic acids is 1. The summed E-state index contributed by atoms with van der Waals surface area (Å²) in [5.41, 5.74) is 10.8. The second kappa shape index (κ2) is 7.49. The fourth-order valence-electron chi connectivity index (χ4n) is 3.40. The lowest BCUT2D eigenvalue weighted by Crippen LogP contribution is -2.35. The average molecular weight is 362 g/mol. The predicted octanol–water partition coefficient (Wildman–Crippen LogP) is 4.56. The molecule has 0 aliphatic rings. The molecular formula is C23H26N2O2. The summed E-state index contributed by atoms with van der Waals surface area (Å²) in [5.74, 6) is 0.775. The van der Waals surface area contributed by atoms with Crippen molar-refractivity contribution in [2.45, 2.75) is 39.2 Å². The summed E-state index contributed by atoms with van der Waals surface area (Å²) in [5, 5.41) is 1.06. The van der Waals surface area contributed by atoms with E-state index in [1.807, 2.05) is 57.2 Å². The van der Waals surface area contributed by atoms with Crippen LogP contribution in [0.1, 0.15) is 47.3 Å². The number of benzene rings is 2. The molecule has 0 bridgehead atoms. The Balaban J connectivity index is 1.94. The summed E-state index contributed by atoms with van der Waals surface area (Å²) in [6.45, 7) is 5.87. The SMILES string of the molecule is CCC(=O)c1cccc(CC(C)(N)c2ccc3cc(C)c(OC)nc3c2)c1. The van der Waals surface area contributed by atoms with Gasteiger partial charge in [0.2, 0.25) is 5.88 Å². The third-order valence-corrected chi connectivity index (χ3v) is 4.96. The highest BCUT2D eigenvalue weighted by Gasteiger charge is 2.23. The number of hydrogen-bond donors (Lipinski definition) is 1. The molecule has 0 aliphatic heterocycles. The standard InChI is InChI=1S/C23H26N2O2/c1-5-21(26)18-8-6-7-16(12-18)14-23(3,24)19-10-9-17-11-15(2)22(27-4)25-20(17)13-19/h6-13H,5,14,24H2,1-4H3. The molecule has 4 heteroatoms. The van der Waals surface area contributed by atoms with Gasteiger partial charge in [-0.05, 0) is 49.6 Å². The van der Waals surface area contributed by atoms with E-state index < -0.39 is 5.54 Å². The molecule has 0 aliphatic carbocycles. The van der Waals surface area contributed by atoms with Crippen LogP contribution in [0.25, 0.3) is 10.9 Å². The number of ether oxygens (including phenoxy) is 1. The zero-order chi connectivity index (χ0) is 19.6. The maximum atomic E-state index is 12.0. The molecule has 3 rings (SSSR count). The zero-order valence-electron chi connectivity index (χ0n) is 16.4. The van der Waals surface area contributed by atoms with E-state index in [9.17, 15) is 4.79 Å². The molecule has 0 saturated carbocycles. The van der Waals surface area contributed by atoms with Crippen LogP contribution in [0, 0.1) is 6.92 Å². The molecule has 140 valence electrons. The van der Waals surface area contributed by atoms with Gasteiger partial charge < -0.3 is 10.5 Å². The number of aromatic nitrogens is 1. The highest BCUT2D eigenvalue weighted by molar-refractivity contribution is 5.96. The minimum absolute atomic E-state index is 0.146. The molecule has 0 spiro atoms. The lowest BCUT2D eigenvalue weighted by atomic mass is 9.85. The van der Waals surface area contributed by atoms with Gasteiger partial charge >= 0.3 is 0 Å². The van der Waals surface area contributed by atoms with Crippen molar-refractivity contribution in [3.8, 4) is 5.88 Å². The van der Waals surface area contributed by atoms with Gasteiger partial charge in [0.25, 0.3) is 0 Å². The number of methoxy groups -OCH3 is 1. The van der Waals surface area contributed by atoms with E-state index in [1.165, 1.54) is 0 Å². The van der Waals surface area contributed by atoms with E-state index in [0.29, 0.717) is 18.7 Å². The molecule has 0 radical (unpaired) electrons. The van der Waals surface area contributed by atoms with Crippen LogP contribution in [0.5, 0.6) is 5.88 Å². The first-order valence-electron chi connectivity index (χ1n) is 9.21. The number of nitrogens with zero attached hydrogens (tertiary/aromatic N) is 1. The van der Waals surface area contributed by atoms with Crippen molar-refractivity contribution in [3.63, 3.8) is 0 Å². The van der Waals surface area contributed by atoms with Crippen molar-refractivity contribution in [2.24, 2.45) is 5.73 Å². The van der Waals surface area contributed by atoms with E-state index in [2.05, 4.69) is 17.1 Å². The fraction of sp³-hybridized carbons (Fsp3) is 0.304. The fourth-order valence-corrected chi connectivity index (χ4v) is 3.40. The molecule has 3 aromatic rings. The lowest BCUT2D eigenvalue weighted by Gasteiger charge is -2.26. The van der Waals surface area contributed by atoms with E-state index >= 15 is 0 Å². The van der Waals surface area contributed by atoms with Crippen molar-refractivity contribution < 1.29 is 9.53 Å². The first-order chi connectivity index (χ1) is 12.8. The summed E-state index contributed by atoms with van der Waals surface area (Å²) in [6, 6.07) is 15.9. The molecule has 27 heavy (non-hydrogen) atoms. The Morgan fingerprint density at radius 2 is 1.96 bits per heavy atom. The Hall–Kier alpha value is -2.72. The highest BCUT2D eigenvalue weighted by atomic mass is 16.5. The Morgan fingerprint density at radius 1 is 1.19 bits per heavy atom. The number of aryl methyl sites for hydroxylation is 1. The van der Waals surface area contributed by atoms with Crippen LogP contribution in [-0.2, 0) is 12.0 Å². The second-order valence-corrected chi connectivity index (χ2v) is 7.29. The smallest absolute Gasteiger partial charge is 0.216 e. The van der Waals surface area contributed by atoms with Crippen LogP contribution in [-0.4, -0.2) is 17.9 Å². The van der Waals surface area contributed by atoms with Gasteiger partial charge in [-0.2, -0.15) is 0 Å². The summed E-state index contributed by atoms with van der Waals surface area (Å²) >= 11 is 0. The van der Waals surface area contributed by atoms with E-state index in [1.54, 1.807) is 7.11 Å². The van der Waals surface area contributed by atoms with Crippen molar-refractivity contribution in [1.82, 2.24) is 4.98 Å². The van der Waals surface area contributed by atoms with Gasteiger partial charge in [-0.1, -0.05) is 37.3 Å². The van der Waals surface area contributed by atoms with Gasteiger partial charge in [-0.15, -0.1) is 0 Å². The van der Waals surface area contributed by atoms with Gasteiger partial charge in [-0.25, -0.2) is 4.98 Å². The highest BCUT2D eigenvalue weighted by Crippen LogP contribution is 2.28. The monoisotopic (exact) mass is 362 g/mol. The molecule has 1 atom stereocenters. The van der Waals surface area contributed by atoms with E-state index in [4.69, 9.17) is 10.5 Å². The van der Waals surface area contributed by atoms with E-state index in [0.717, 1.165) is 33.2 Å². The summed E-state index contributed by atoms with van der Waals surface area (Å²) in [6.07, 6.45) is 1.13.